The molecule has 1 aliphatic rings. The largest absolute Gasteiger partial charge is 0.494 e. The van der Waals surface area contributed by atoms with E-state index in [9.17, 15) is 9.59 Å². The molecule has 1 atom stereocenters. The van der Waals surface area contributed by atoms with Crippen molar-refractivity contribution in [2.75, 3.05) is 6.61 Å². The lowest BCUT2D eigenvalue weighted by Crippen LogP contribution is -2.39. The van der Waals surface area contributed by atoms with Crippen molar-refractivity contribution in [2.24, 2.45) is 4.99 Å². The molecule has 6 nitrogen and oxygen atoms in total. The summed E-state index contributed by atoms with van der Waals surface area (Å²) in [6, 6.07) is 20.4. The standard InChI is InChI=1S/C28H24N2O4S2/c1-3-33-21-13-11-19(12-14-21)16-23-26(31)30-25(22-10-7-15-35-22)24(18(2)29-28(30)36-23)27(32)34-17-20-8-5-4-6-9-20/h4-16,25H,3,17H2,1-2H3/b23-16+/t25-/m0/s1. The van der Waals surface area contributed by atoms with E-state index in [0.717, 1.165) is 21.8 Å². The molecule has 4 aromatic rings. The van der Waals surface area contributed by atoms with Crippen LogP contribution in [0.3, 0.4) is 0 Å². The Hall–Kier alpha value is -3.75. The number of hydrogen-bond donors (Lipinski definition) is 0. The van der Waals surface area contributed by atoms with Crippen molar-refractivity contribution in [3.63, 3.8) is 0 Å². The molecule has 0 fully saturated rings. The molecule has 182 valence electrons. The third-order valence-electron chi connectivity index (χ3n) is 5.76. The summed E-state index contributed by atoms with van der Waals surface area (Å²) in [6.07, 6.45) is 1.85. The molecule has 0 amide bonds. The molecular formula is C28H24N2O4S2. The van der Waals surface area contributed by atoms with Crippen molar-refractivity contribution in [1.82, 2.24) is 4.57 Å². The Morgan fingerprint density at radius 1 is 1.08 bits per heavy atom. The molecule has 0 aliphatic carbocycles. The Morgan fingerprint density at radius 2 is 1.86 bits per heavy atom. The lowest BCUT2D eigenvalue weighted by molar-refractivity contribution is -0.140. The molecule has 1 aliphatic heterocycles. The van der Waals surface area contributed by atoms with Gasteiger partial charge in [-0.15, -0.1) is 11.3 Å². The summed E-state index contributed by atoms with van der Waals surface area (Å²) in [5, 5.41) is 1.94. The highest BCUT2D eigenvalue weighted by molar-refractivity contribution is 7.10. The number of carbonyl (C=O) groups excluding carboxylic acids is 1. The van der Waals surface area contributed by atoms with Crippen LogP contribution in [0, 0.1) is 0 Å². The van der Waals surface area contributed by atoms with Gasteiger partial charge in [0.2, 0.25) is 0 Å². The molecule has 0 unspecified atom stereocenters. The van der Waals surface area contributed by atoms with Crippen LogP contribution in [-0.2, 0) is 16.1 Å². The number of ether oxygens (including phenoxy) is 2. The third kappa shape index (κ3) is 4.82. The maximum atomic E-state index is 13.6. The highest BCUT2D eigenvalue weighted by Gasteiger charge is 2.34. The van der Waals surface area contributed by atoms with Crippen LogP contribution in [0.1, 0.15) is 35.9 Å². The van der Waals surface area contributed by atoms with E-state index in [1.165, 1.54) is 22.7 Å². The summed E-state index contributed by atoms with van der Waals surface area (Å²) >= 11 is 2.81. The van der Waals surface area contributed by atoms with E-state index in [0.29, 0.717) is 27.2 Å². The number of benzene rings is 2. The summed E-state index contributed by atoms with van der Waals surface area (Å²) in [7, 11) is 0. The molecule has 0 saturated heterocycles. The number of aromatic nitrogens is 1. The average Bonchev–Trinajstić information content (AvgIpc) is 3.52. The summed E-state index contributed by atoms with van der Waals surface area (Å²) in [6.45, 7) is 4.47. The lowest BCUT2D eigenvalue weighted by atomic mass is 10.0. The number of rotatable bonds is 7. The van der Waals surface area contributed by atoms with Crippen LogP contribution < -0.4 is 19.6 Å². The second-order valence-electron chi connectivity index (χ2n) is 8.16. The first kappa shape index (κ1) is 24.0. The van der Waals surface area contributed by atoms with Crippen molar-refractivity contribution in [3.05, 3.63) is 119 Å². The maximum Gasteiger partial charge on any atom is 0.338 e. The molecule has 3 heterocycles. The van der Waals surface area contributed by atoms with Gasteiger partial charge in [0.1, 0.15) is 18.4 Å². The van der Waals surface area contributed by atoms with Gasteiger partial charge in [-0.2, -0.15) is 0 Å². The van der Waals surface area contributed by atoms with Crippen LogP contribution in [0.25, 0.3) is 6.08 Å². The predicted octanol–water partition coefficient (Wildman–Crippen LogP) is 4.44. The van der Waals surface area contributed by atoms with E-state index in [4.69, 9.17) is 9.47 Å². The summed E-state index contributed by atoms with van der Waals surface area (Å²) < 4.78 is 13.3. The molecule has 0 spiro atoms. The van der Waals surface area contributed by atoms with Crippen LogP contribution in [0.15, 0.2) is 93.2 Å². The van der Waals surface area contributed by atoms with E-state index in [1.54, 1.807) is 11.5 Å². The molecular weight excluding hydrogens is 492 g/mol. The summed E-state index contributed by atoms with van der Waals surface area (Å²) in [4.78, 5) is 33.1. The first-order chi connectivity index (χ1) is 17.5. The molecule has 2 aromatic carbocycles. The fourth-order valence-corrected chi connectivity index (χ4v) is 5.95. The minimum atomic E-state index is -0.591. The fraction of sp³-hybridized carbons (Fsp3) is 0.179. The van der Waals surface area contributed by atoms with Crippen molar-refractivity contribution < 1.29 is 14.3 Å². The molecule has 2 aromatic heterocycles. The van der Waals surface area contributed by atoms with E-state index >= 15 is 0 Å². The Kier molecular flexibility index (Phi) is 6.97. The number of hydrogen-bond acceptors (Lipinski definition) is 7. The highest BCUT2D eigenvalue weighted by atomic mass is 32.1. The maximum absolute atomic E-state index is 13.6. The normalized spacial score (nSPS) is 15.4. The second-order valence-corrected chi connectivity index (χ2v) is 10.1. The molecule has 0 bridgehead atoms. The van der Waals surface area contributed by atoms with Crippen LogP contribution in [0.2, 0.25) is 0 Å². The molecule has 0 saturated carbocycles. The average molecular weight is 517 g/mol. The van der Waals surface area contributed by atoms with Crippen molar-refractivity contribution in [3.8, 4) is 5.75 Å². The first-order valence-corrected chi connectivity index (χ1v) is 13.2. The van der Waals surface area contributed by atoms with Crippen LogP contribution in [0.5, 0.6) is 5.75 Å². The number of fused-ring (bicyclic) bond motifs is 1. The zero-order valence-electron chi connectivity index (χ0n) is 19.8. The third-order valence-corrected chi connectivity index (χ3v) is 7.66. The van der Waals surface area contributed by atoms with Crippen LogP contribution in [-0.4, -0.2) is 17.1 Å². The zero-order valence-corrected chi connectivity index (χ0v) is 21.5. The van der Waals surface area contributed by atoms with Gasteiger partial charge >= 0.3 is 5.97 Å². The number of esters is 1. The number of nitrogens with zero attached hydrogens (tertiary/aromatic N) is 2. The molecule has 8 heteroatoms. The number of thiophene rings is 1. The zero-order chi connectivity index (χ0) is 25.1. The number of carbonyl (C=O) groups is 1. The minimum absolute atomic E-state index is 0.149. The van der Waals surface area contributed by atoms with Crippen LogP contribution >= 0.6 is 22.7 Å². The lowest BCUT2D eigenvalue weighted by Gasteiger charge is -2.23. The van der Waals surface area contributed by atoms with E-state index in [-0.39, 0.29) is 12.2 Å². The van der Waals surface area contributed by atoms with Gasteiger partial charge in [0, 0.05) is 4.88 Å². The minimum Gasteiger partial charge on any atom is -0.494 e. The van der Waals surface area contributed by atoms with Gasteiger partial charge in [-0.25, -0.2) is 9.79 Å². The number of allylic oxidation sites excluding steroid dienone is 1. The second kappa shape index (κ2) is 10.5. The highest BCUT2D eigenvalue weighted by Crippen LogP contribution is 2.33. The molecule has 5 rings (SSSR count). The fourth-order valence-electron chi connectivity index (χ4n) is 4.08. The Balaban J connectivity index is 1.54. The monoisotopic (exact) mass is 516 g/mol. The predicted molar refractivity (Wildman–Crippen MR) is 142 cm³/mol. The summed E-state index contributed by atoms with van der Waals surface area (Å²) in [5.74, 6) is 0.308. The van der Waals surface area contributed by atoms with Crippen molar-refractivity contribution >= 4 is 34.7 Å². The topological polar surface area (TPSA) is 69.9 Å². The van der Waals surface area contributed by atoms with Gasteiger partial charge in [-0.3, -0.25) is 9.36 Å². The van der Waals surface area contributed by atoms with Gasteiger partial charge in [0.15, 0.2) is 4.80 Å². The van der Waals surface area contributed by atoms with Crippen molar-refractivity contribution in [2.45, 2.75) is 26.5 Å². The SMILES string of the molecule is CCOc1ccc(/C=c2/sc3n(c2=O)[C@@H](c2cccs2)C(C(=O)OCc2ccccc2)=C(C)N=3)cc1. The Bertz CT molecular complexity index is 1580. The van der Waals surface area contributed by atoms with E-state index < -0.39 is 12.0 Å². The molecule has 36 heavy (non-hydrogen) atoms. The molecule has 0 N–H and O–H groups in total. The molecule has 0 radical (unpaired) electrons. The van der Waals surface area contributed by atoms with Gasteiger partial charge in [-0.05, 0) is 54.6 Å². The Labute approximate surface area is 216 Å². The summed E-state index contributed by atoms with van der Waals surface area (Å²) in [5.41, 5.74) is 2.53. The van der Waals surface area contributed by atoms with Crippen molar-refractivity contribution in [1.29, 1.82) is 0 Å². The Morgan fingerprint density at radius 3 is 2.56 bits per heavy atom. The van der Waals surface area contributed by atoms with Gasteiger partial charge in [0.25, 0.3) is 5.56 Å². The quantitative estimate of drug-likeness (QED) is 0.341. The van der Waals surface area contributed by atoms with Gasteiger partial charge in [-0.1, -0.05) is 59.9 Å². The van der Waals surface area contributed by atoms with Gasteiger partial charge in [0.05, 0.1) is 22.4 Å². The van der Waals surface area contributed by atoms with Gasteiger partial charge < -0.3 is 9.47 Å². The number of thiazole rings is 1. The van der Waals surface area contributed by atoms with Crippen LogP contribution in [0.4, 0.5) is 0 Å². The first-order valence-electron chi connectivity index (χ1n) is 11.5. The smallest absolute Gasteiger partial charge is 0.338 e. The van der Waals surface area contributed by atoms with E-state index in [2.05, 4.69) is 4.99 Å². The van der Waals surface area contributed by atoms with E-state index in [1.807, 2.05) is 85.1 Å².